The van der Waals surface area contributed by atoms with Crippen molar-refractivity contribution in [2.45, 2.75) is 10.3 Å². The Morgan fingerprint density at radius 2 is 1.70 bits per heavy atom. The molecule has 0 fully saturated rings. The monoisotopic (exact) mass is 492 g/mol. The molecule has 0 bridgehead atoms. The predicted octanol–water partition coefficient (Wildman–Crippen LogP) is 2.74. The van der Waals surface area contributed by atoms with Gasteiger partial charge in [-0.1, -0.05) is 12.1 Å². The van der Waals surface area contributed by atoms with Gasteiger partial charge in [-0.05, 0) is 47.8 Å². The first-order valence-corrected chi connectivity index (χ1v) is 12.2. The molecule has 0 saturated carbocycles. The molecule has 0 aliphatic carbocycles. The quantitative estimate of drug-likeness (QED) is 0.376. The number of methoxy groups -OCH3 is 2. The molecule has 3 N–H and O–H groups in total. The van der Waals surface area contributed by atoms with Crippen LogP contribution in [0.25, 0.3) is 0 Å². The third-order valence-corrected chi connectivity index (χ3v) is 7.24. The minimum Gasteiger partial charge on any atom is -0.493 e. The van der Waals surface area contributed by atoms with Crippen molar-refractivity contribution < 1.29 is 32.5 Å². The fourth-order valence-corrected chi connectivity index (χ4v) is 4.87. The van der Waals surface area contributed by atoms with Gasteiger partial charge in [0.1, 0.15) is 16.9 Å². The lowest BCUT2D eigenvalue weighted by Crippen LogP contribution is -2.35. The summed E-state index contributed by atoms with van der Waals surface area (Å²) < 4.78 is 43.3. The molecule has 11 heteroatoms. The first-order valence-electron chi connectivity index (χ1n) is 9.80. The summed E-state index contributed by atoms with van der Waals surface area (Å²) in [4.78, 5) is 12.4. The number of hydrogen-bond acceptors (Lipinski definition) is 8. The summed E-state index contributed by atoms with van der Waals surface area (Å²) in [5.41, 5.74) is 0.646. The van der Waals surface area contributed by atoms with Crippen LogP contribution in [0.2, 0.25) is 0 Å². The zero-order valence-electron chi connectivity index (χ0n) is 18.0. The van der Waals surface area contributed by atoms with Crippen LogP contribution in [0.15, 0.2) is 64.2 Å². The molecule has 0 spiro atoms. The van der Waals surface area contributed by atoms with Crippen LogP contribution < -0.4 is 24.2 Å². The van der Waals surface area contributed by atoms with E-state index in [2.05, 4.69) is 10.0 Å². The van der Waals surface area contributed by atoms with Gasteiger partial charge in [0, 0.05) is 17.8 Å². The summed E-state index contributed by atoms with van der Waals surface area (Å²) in [7, 11) is -0.667. The third-order valence-electron chi connectivity index (χ3n) is 4.46. The van der Waals surface area contributed by atoms with Crippen molar-refractivity contribution in [1.82, 2.24) is 5.32 Å². The average Bonchev–Trinajstić information content (AvgIpc) is 3.37. The van der Waals surface area contributed by atoms with Gasteiger partial charge >= 0.3 is 0 Å². The van der Waals surface area contributed by atoms with E-state index < -0.39 is 22.0 Å². The highest BCUT2D eigenvalue weighted by Crippen LogP contribution is 2.36. The van der Waals surface area contributed by atoms with Crippen molar-refractivity contribution in [3.8, 4) is 17.2 Å². The lowest BCUT2D eigenvalue weighted by atomic mass is 10.2. The minimum atomic E-state index is -3.66. The standard InChI is InChI=1S/C22H24N2O7S2/c1-29-18-5-3-6-19(30-2)21(18)31-14-17(25)13-23-22(26)15-8-10-16(11-9-15)24-33(27,28)20-7-4-12-32-20/h3-12,17,24-25H,13-14H2,1-2H3,(H,23,26). The van der Waals surface area contributed by atoms with Gasteiger partial charge in [0.25, 0.3) is 15.9 Å². The van der Waals surface area contributed by atoms with Crippen molar-refractivity contribution in [1.29, 1.82) is 0 Å². The zero-order valence-corrected chi connectivity index (χ0v) is 19.6. The predicted molar refractivity (Wildman–Crippen MR) is 125 cm³/mol. The first kappa shape index (κ1) is 24.4. The highest BCUT2D eigenvalue weighted by molar-refractivity contribution is 7.94. The third kappa shape index (κ3) is 6.37. The van der Waals surface area contributed by atoms with Crippen LogP contribution >= 0.6 is 11.3 Å². The van der Waals surface area contributed by atoms with Crippen LogP contribution in [0.3, 0.4) is 0 Å². The van der Waals surface area contributed by atoms with Gasteiger partial charge < -0.3 is 24.6 Å². The second kappa shape index (κ2) is 11.0. The lowest BCUT2D eigenvalue weighted by Gasteiger charge is -2.17. The van der Waals surface area contributed by atoms with Gasteiger partial charge in [-0.3, -0.25) is 9.52 Å². The normalized spacial score (nSPS) is 12.0. The molecule has 1 aromatic heterocycles. The van der Waals surface area contributed by atoms with Gasteiger partial charge in [-0.2, -0.15) is 0 Å². The number of carbonyl (C=O) groups is 1. The Bertz CT molecular complexity index is 1140. The molecule has 2 aromatic carbocycles. The number of benzene rings is 2. The summed E-state index contributed by atoms with van der Waals surface area (Å²) in [5, 5.41) is 14.5. The minimum absolute atomic E-state index is 0.0525. The number of nitrogens with one attached hydrogen (secondary N) is 2. The molecule has 9 nitrogen and oxygen atoms in total. The maximum Gasteiger partial charge on any atom is 0.271 e. The van der Waals surface area contributed by atoms with Crippen LogP contribution in [-0.2, 0) is 10.0 Å². The number of aliphatic hydroxyl groups excluding tert-OH is 1. The van der Waals surface area contributed by atoms with E-state index in [0.29, 0.717) is 28.5 Å². The van der Waals surface area contributed by atoms with Gasteiger partial charge in [-0.25, -0.2) is 8.42 Å². The molecule has 176 valence electrons. The number of anilines is 1. The molecule has 0 aliphatic rings. The van der Waals surface area contributed by atoms with Crippen molar-refractivity contribution in [2.75, 3.05) is 32.1 Å². The van der Waals surface area contributed by atoms with Gasteiger partial charge in [0.2, 0.25) is 5.75 Å². The van der Waals surface area contributed by atoms with Gasteiger partial charge in [0.15, 0.2) is 11.5 Å². The highest BCUT2D eigenvalue weighted by atomic mass is 32.2. The van der Waals surface area contributed by atoms with Crippen LogP contribution in [0.4, 0.5) is 5.69 Å². The van der Waals surface area contributed by atoms with E-state index in [0.717, 1.165) is 11.3 Å². The molecule has 1 heterocycles. The number of hydrogen-bond donors (Lipinski definition) is 3. The Morgan fingerprint density at radius 3 is 2.27 bits per heavy atom. The van der Waals surface area contributed by atoms with E-state index in [1.807, 2.05) is 0 Å². The Labute approximate surface area is 196 Å². The van der Waals surface area contributed by atoms with Gasteiger partial charge in [-0.15, -0.1) is 11.3 Å². The van der Waals surface area contributed by atoms with Crippen molar-refractivity contribution >= 4 is 33.0 Å². The SMILES string of the molecule is COc1cccc(OC)c1OCC(O)CNC(=O)c1ccc(NS(=O)(=O)c2cccs2)cc1. The van der Waals surface area contributed by atoms with E-state index in [4.69, 9.17) is 14.2 Å². The van der Waals surface area contributed by atoms with E-state index in [-0.39, 0.29) is 17.4 Å². The van der Waals surface area contributed by atoms with Crippen LogP contribution in [0.1, 0.15) is 10.4 Å². The molecule has 33 heavy (non-hydrogen) atoms. The molecule has 1 atom stereocenters. The number of para-hydroxylation sites is 1. The highest BCUT2D eigenvalue weighted by Gasteiger charge is 2.17. The summed E-state index contributed by atoms with van der Waals surface area (Å²) in [6.45, 7) is -0.149. The number of amides is 1. The summed E-state index contributed by atoms with van der Waals surface area (Å²) in [5.74, 6) is 0.853. The molecular formula is C22H24N2O7S2. The van der Waals surface area contributed by atoms with E-state index in [1.54, 1.807) is 29.6 Å². The second-order valence-corrected chi connectivity index (χ2v) is 9.64. The molecule has 0 radical (unpaired) electrons. The Balaban J connectivity index is 1.51. The first-order chi connectivity index (χ1) is 15.8. The van der Waals surface area contributed by atoms with E-state index in [9.17, 15) is 18.3 Å². The maximum absolute atomic E-state index is 12.4. The zero-order chi connectivity index (χ0) is 23.8. The number of ether oxygens (including phenoxy) is 3. The molecule has 1 amide bonds. The summed E-state index contributed by atoms with van der Waals surface area (Å²) in [6, 6.07) is 14.3. The molecular weight excluding hydrogens is 468 g/mol. The summed E-state index contributed by atoms with van der Waals surface area (Å²) >= 11 is 1.11. The molecule has 0 saturated heterocycles. The van der Waals surface area contributed by atoms with Crippen molar-refractivity contribution in [3.63, 3.8) is 0 Å². The van der Waals surface area contributed by atoms with E-state index >= 15 is 0 Å². The number of thiophene rings is 1. The second-order valence-electron chi connectivity index (χ2n) is 6.78. The molecule has 3 rings (SSSR count). The fourth-order valence-electron chi connectivity index (χ4n) is 2.82. The fraction of sp³-hybridized carbons (Fsp3) is 0.227. The Hall–Kier alpha value is -3.28. The Kier molecular flexibility index (Phi) is 8.15. The number of carbonyl (C=O) groups excluding carboxylic acids is 1. The number of sulfonamides is 1. The molecule has 3 aromatic rings. The number of aliphatic hydroxyl groups is 1. The van der Waals surface area contributed by atoms with Crippen molar-refractivity contribution in [2.24, 2.45) is 0 Å². The van der Waals surface area contributed by atoms with Crippen LogP contribution in [-0.4, -0.2) is 52.9 Å². The van der Waals surface area contributed by atoms with Crippen LogP contribution in [0, 0.1) is 0 Å². The largest absolute Gasteiger partial charge is 0.493 e. The van der Waals surface area contributed by atoms with Gasteiger partial charge in [0.05, 0.1) is 14.2 Å². The van der Waals surface area contributed by atoms with E-state index in [1.165, 1.54) is 44.6 Å². The molecule has 0 aliphatic heterocycles. The lowest BCUT2D eigenvalue weighted by molar-refractivity contribution is 0.0833. The number of rotatable bonds is 11. The average molecular weight is 493 g/mol. The van der Waals surface area contributed by atoms with Crippen molar-refractivity contribution in [3.05, 3.63) is 65.5 Å². The molecule has 1 unspecified atom stereocenters. The van der Waals surface area contributed by atoms with Crippen LogP contribution in [0.5, 0.6) is 17.2 Å². The maximum atomic E-state index is 12.4. The topological polar surface area (TPSA) is 123 Å². The smallest absolute Gasteiger partial charge is 0.271 e. The Morgan fingerprint density at radius 1 is 1.03 bits per heavy atom. The summed E-state index contributed by atoms with van der Waals surface area (Å²) in [6.07, 6.45) is -0.986.